The second-order valence-electron chi connectivity index (χ2n) is 4.91. The first-order valence-electron chi connectivity index (χ1n) is 5.84. The lowest BCUT2D eigenvalue weighted by molar-refractivity contribution is -0.118. The molecule has 1 fully saturated rings. The molecule has 1 unspecified atom stereocenters. The summed E-state index contributed by atoms with van der Waals surface area (Å²) in [5.41, 5.74) is 1.98. The summed E-state index contributed by atoms with van der Waals surface area (Å²) >= 11 is 0. The van der Waals surface area contributed by atoms with E-state index in [0.717, 1.165) is 25.7 Å². The highest BCUT2D eigenvalue weighted by atomic mass is 16.3. The Balaban J connectivity index is 2.15. The van der Waals surface area contributed by atoms with Crippen molar-refractivity contribution in [1.29, 1.82) is 5.26 Å². The van der Waals surface area contributed by atoms with E-state index in [0.29, 0.717) is 5.57 Å². The van der Waals surface area contributed by atoms with Gasteiger partial charge in [0.05, 0.1) is 12.7 Å². The lowest BCUT2D eigenvalue weighted by atomic mass is 9.94. The number of hydrogen-bond acceptors (Lipinski definition) is 3. The molecule has 0 aromatic carbocycles. The van der Waals surface area contributed by atoms with E-state index >= 15 is 0 Å². The second-order valence-corrected chi connectivity index (χ2v) is 4.91. The summed E-state index contributed by atoms with van der Waals surface area (Å²) in [5, 5.41) is 20.6. The monoisotopic (exact) mass is 232 g/mol. The average Bonchev–Trinajstić information content (AvgIpc) is 2.64. The Bertz CT molecular complexity index is 457. The first-order chi connectivity index (χ1) is 8.08. The predicted octanol–water partition coefficient (Wildman–Crippen LogP) is 1.19. The van der Waals surface area contributed by atoms with E-state index in [9.17, 15) is 4.79 Å². The van der Waals surface area contributed by atoms with E-state index in [2.05, 4.69) is 5.32 Å². The van der Waals surface area contributed by atoms with E-state index in [1.807, 2.05) is 12.1 Å². The van der Waals surface area contributed by atoms with Gasteiger partial charge in [0.25, 0.3) is 5.91 Å². The summed E-state index contributed by atoms with van der Waals surface area (Å²) in [5.74, 6) is -0.241. The fourth-order valence-corrected chi connectivity index (χ4v) is 2.29. The molecule has 2 aliphatic rings. The smallest absolute Gasteiger partial charge is 0.252 e. The Hall–Kier alpha value is -1.60. The summed E-state index contributed by atoms with van der Waals surface area (Å²) in [6.45, 7) is 1.14. The lowest BCUT2D eigenvalue weighted by Crippen LogP contribution is -2.48. The van der Waals surface area contributed by atoms with Crippen LogP contribution in [-0.2, 0) is 4.79 Å². The van der Waals surface area contributed by atoms with Gasteiger partial charge in [-0.1, -0.05) is 11.1 Å². The number of aliphatic hydroxyl groups is 1. The van der Waals surface area contributed by atoms with Gasteiger partial charge >= 0.3 is 0 Å². The molecule has 2 N–H and O–H groups in total. The molecule has 0 saturated heterocycles. The molecule has 1 amide bonds. The standard InChI is InChI=1S/C13H16N2O2/c1-13(7-14,8-16)15-12(17)11-6-9-3-2-4-10(11)5-9/h6,16H,2-5,8H2,1H3,(H,15,17). The summed E-state index contributed by atoms with van der Waals surface area (Å²) in [6, 6.07) is 1.92. The van der Waals surface area contributed by atoms with Crippen LogP contribution >= 0.6 is 0 Å². The third kappa shape index (κ3) is 2.25. The molecule has 4 nitrogen and oxygen atoms in total. The number of amides is 1. The molecular weight excluding hydrogens is 216 g/mol. The molecular formula is C13H16N2O2. The zero-order valence-corrected chi connectivity index (χ0v) is 9.92. The van der Waals surface area contributed by atoms with Gasteiger partial charge in [0.2, 0.25) is 0 Å². The molecule has 0 heterocycles. The highest BCUT2D eigenvalue weighted by Crippen LogP contribution is 2.37. The van der Waals surface area contributed by atoms with E-state index in [1.54, 1.807) is 0 Å². The number of carbonyl (C=O) groups is 1. The van der Waals surface area contributed by atoms with Crippen LogP contribution < -0.4 is 5.32 Å². The molecule has 2 rings (SSSR count). The van der Waals surface area contributed by atoms with Crippen LogP contribution in [0, 0.1) is 11.3 Å². The van der Waals surface area contributed by atoms with Gasteiger partial charge in [-0.2, -0.15) is 5.26 Å². The van der Waals surface area contributed by atoms with Crippen molar-refractivity contribution in [3.63, 3.8) is 0 Å². The third-order valence-corrected chi connectivity index (χ3v) is 3.34. The van der Waals surface area contributed by atoms with Crippen molar-refractivity contribution in [2.75, 3.05) is 6.61 Å². The quantitative estimate of drug-likeness (QED) is 0.767. The highest BCUT2D eigenvalue weighted by molar-refractivity contribution is 5.98. The zero-order chi connectivity index (χ0) is 12.5. The minimum atomic E-state index is -1.19. The van der Waals surface area contributed by atoms with Gasteiger partial charge in [0.15, 0.2) is 0 Å². The van der Waals surface area contributed by atoms with Crippen LogP contribution in [0.4, 0.5) is 0 Å². The maximum Gasteiger partial charge on any atom is 0.252 e. The van der Waals surface area contributed by atoms with Gasteiger partial charge in [-0.15, -0.1) is 0 Å². The Labute approximate surface area is 101 Å². The van der Waals surface area contributed by atoms with Gasteiger partial charge in [0.1, 0.15) is 5.54 Å². The topological polar surface area (TPSA) is 73.1 Å². The van der Waals surface area contributed by atoms with Gasteiger partial charge in [0, 0.05) is 5.57 Å². The maximum atomic E-state index is 12.0. The molecule has 2 bridgehead atoms. The molecule has 90 valence electrons. The van der Waals surface area contributed by atoms with Crippen molar-refractivity contribution in [2.24, 2.45) is 0 Å². The minimum Gasteiger partial charge on any atom is -0.393 e. The number of nitrogens with zero attached hydrogens (tertiary/aromatic N) is 1. The number of hydrogen-bond donors (Lipinski definition) is 2. The van der Waals surface area contributed by atoms with E-state index in [1.165, 1.54) is 18.1 Å². The van der Waals surface area contributed by atoms with Crippen molar-refractivity contribution >= 4 is 5.91 Å². The normalized spacial score (nSPS) is 21.6. The highest BCUT2D eigenvalue weighted by Gasteiger charge is 2.30. The SMILES string of the molecule is CC(C#N)(CO)NC(=O)C1=C2CCCC(=C1)C2. The van der Waals surface area contributed by atoms with Crippen LogP contribution in [0.15, 0.2) is 22.8 Å². The Kier molecular flexibility index (Phi) is 3.03. The van der Waals surface area contributed by atoms with E-state index < -0.39 is 5.54 Å². The molecule has 0 aliphatic heterocycles. The van der Waals surface area contributed by atoms with Crippen LogP contribution in [0.2, 0.25) is 0 Å². The Morgan fingerprint density at radius 2 is 2.41 bits per heavy atom. The summed E-state index contributed by atoms with van der Waals surface area (Å²) in [6.07, 6.45) is 5.98. The molecule has 17 heavy (non-hydrogen) atoms. The third-order valence-electron chi connectivity index (χ3n) is 3.34. The molecule has 1 saturated carbocycles. The van der Waals surface area contributed by atoms with Crippen LogP contribution in [0.3, 0.4) is 0 Å². The minimum absolute atomic E-state index is 0.241. The van der Waals surface area contributed by atoms with E-state index in [4.69, 9.17) is 10.4 Å². The summed E-state index contributed by atoms with van der Waals surface area (Å²) in [4.78, 5) is 12.0. The number of nitrogens with one attached hydrogen (secondary N) is 1. The molecule has 0 aromatic rings. The Morgan fingerprint density at radius 1 is 1.65 bits per heavy atom. The number of nitriles is 1. The second kappa shape index (κ2) is 4.34. The molecule has 1 atom stereocenters. The van der Waals surface area contributed by atoms with Crippen LogP contribution in [0.25, 0.3) is 0 Å². The molecule has 0 spiro atoms. The van der Waals surface area contributed by atoms with Crippen molar-refractivity contribution in [2.45, 2.75) is 38.1 Å². The van der Waals surface area contributed by atoms with Gasteiger partial charge in [-0.25, -0.2) is 0 Å². The molecule has 2 aliphatic carbocycles. The van der Waals surface area contributed by atoms with Crippen molar-refractivity contribution in [1.82, 2.24) is 5.32 Å². The number of fused-ring (bicyclic) bond motifs is 2. The molecule has 0 radical (unpaired) electrons. The van der Waals surface area contributed by atoms with Crippen molar-refractivity contribution < 1.29 is 9.90 Å². The van der Waals surface area contributed by atoms with Crippen LogP contribution in [0.1, 0.15) is 32.6 Å². The largest absolute Gasteiger partial charge is 0.393 e. The first-order valence-corrected chi connectivity index (χ1v) is 5.84. The predicted molar refractivity (Wildman–Crippen MR) is 62.8 cm³/mol. The Morgan fingerprint density at radius 3 is 3.00 bits per heavy atom. The van der Waals surface area contributed by atoms with Gasteiger partial charge in [-0.3, -0.25) is 4.79 Å². The van der Waals surface area contributed by atoms with Gasteiger partial charge in [-0.05, 0) is 38.7 Å². The summed E-state index contributed by atoms with van der Waals surface area (Å²) in [7, 11) is 0. The van der Waals surface area contributed by atoms with Crippen molar-refractivity contribution in [3.8, 4) is 6.07 Å². The van der Waals surface area contributed by atoms with Crippen molar-refractivity contribution in [3.05, 3.63) is 22.8 Å². The number of rotatable bonds is 3. The number of aliphatic hydroxyl groups excluding tert-OH is 1. The molecule has 4 heteroatoms. The van der Waals surface area contributed by atoms with E-state index in [-0.39, 0.29) is 12.5 Å². The van der Waals surface area contributed by atoms with Crippen LogP contribution in [0.5, 0.6) is 0 Å². The van der Waals surface area contributed by atoms with Crippen LogP contribution in [-0.4, -0.2) is 23.2 Å². The lowest BCUT2D eigenvalue weighted by Gasteiger charge is -2.21. The average molecular weight is 232 g/mol. The number of allylic oxidation sites excluding steroid dienone is 2. The fourth-order valence-electron chi connectivity index (χ4n) is 2.29. The molecule has 0 aromatic heterocycles. The first kappa shape index (κ1) is 11.9. The van der Waals surface area contributed by atoms with Gasteiger partial charge < -0.3 is 10.4 Å². The fraction of sp³-hybridized carbons (Fsp3) is 0.538. The maximum absolute atomic E-state index is 12.0. The zero-order valence-electron chi connectivity index (χ0n) is 9.92. The summed E-state index contributed by atoms with van der Waals surface area (Å²) < 4.78 is 0. The number of carbonyl (C=O) groups excluding carboxylic acids is 1.